The number of carbonyl (C=O) groups excluding carboxylic acids is 1. The van der Waals surface area contributed by atoms with Gasteiger partial charge in [-0.25, -0.2) is 13.5 Å². The third kappa shape index (κ3) is 6.12. The van der Waals surface area contributed by atoms with E-state index in [1.165, 1.54) is 24.3 Å². The summed E-state index contributed by atoms with van der Waals surface area (Å²) in [6.45, 7) is 0. The van der Waals surface area contributed by atoms with Crippen LogP contribution in [0.5, 0.6) is 0 Å². The van der Waals surface area contributed by atoms with Crippen LogP contribution in [0.2, 0.25) is 0 Å². The second-order valence-electron chi connectivity index (χ2n) is 12.4. The highest BCUT2D eigenvalue weighted by molar-refractivity contribution is 7.86. The van der Waals surface area contributed by atoms with E-state index >= 15 is 4.39 Å². The maximum atomic E-state index is 16.3. The van der Waals surface area contributed by atoms with Gasteiger partial charge in [-0.1, -0.05) is 109 Å². The fourth-order valence-electron chi connectivity index (χ4n) is 6.53. The zero-order valence-corrected chi connectivity index (χ0v) is 27.9. The average molecular weight is 690 g/mol. The highest BCUT2D eigenvalue weighted by atomic mass is 32.2. The van der Waals surface area contributed by atoms with Crippen molar-refractivity contribution in [3.8, 4) is 0 Å². The van der Waals surface area contributed by atoms with Crippen molar-refractivity contribution in [3.05, 3.63) is 167 Å². The molecular formula is C40H33F2N3O4S. The Morgan fingerprint density at radius 2 is 1.38 bits per heavy atom. The van der Waals surface area contributed by atoms with E-state index in [-0.39, 0.29) is 11.5 Å². The number of amides is 1. The van der Waals surface area contributed by atoms with Gasteiger partial charge in [0.15, 0.2) is 0 Å². The van der Waals surface area contributed by atoms with Crippen molar-refractivity contribution in [1.29, 1.82) is 0 Å². The maximum absolute atomic E-state index is 16.3. The highest BCUT2D eigenvalue weighted by Gasteiger charge is 2.53. The second-order valence-corrected chi connectivity index (χ2v) is 14.2. The Kier molecular flexibility index (Phi) is 8.67. The van der Waals surface area contributed by atoms with Crippen LogP contribution in [-0.4, -0.2) is 37.0 Å². The van der Waals surface area contributed by atoms with Crippen molar-refractivity contribution in [1.82, 2.24) is 9.78 Å². The van der Waals surface area contributed by atoms with Gasteiger partial charge in [0.1, 0.15) is 17.2 Å². The minimum Gasteiger partial charge on any atom is -0.323 e. The summed E-state index contributed by atoms with van der Waals surface area (Å²) in [5, 5.41) is 8.38. The molecule has 1 aliphatic carbocycles. The highest BCUT2D eigenvalue weighted by Crippen LogP contribution is 2.48. The number of benzene rings is 5. The van der Waals surface area contributed by atoms with Crippen LogP contribution in [0.3, 0.4) is 0 Å². The van der Waals surface area contributed by atoms with Crippen LogP contribution in [0.25, 0.3) is 23.1 Å². The van der Waals surface area contributed by atoms with E-state index in [2.05, 4.69) is 9.50 Å². The standard InChI is InChI=1S/C40H33F2N3O4S/c1-49-50(47,48)27-39(23-24-39)38(46)43-36-25-33-35(22-19-28-17-20-32(41)21-18-28)44-45(37(33)26-34(36)42)40(29-11-5-2-6-12-29,30-13-7-3-8-14-30)31-15-9-4-10-16-31/h2-22,25-26H,23-24,27H2,1H3,(H,43,46). The lowest BCUT2D eigenvalue weighted by atomic mass is 9.77. The second kappa shape index (κ2) is 13.1. The Bertz CT molecular complexity index is 2210. The molecule has 5 aromatic carbocycles. The largest absolute Gasteiger partial charge is 0.323 e. The summed E-state index contributed by atoms with van der Waals surface area (Å²) in [5.74, 6) is -2.17. The van der Waals surface area contributed by atoms with Crippen LogP contribution in [-0.2, 0) is 24.6 Å². The van der Waals surface area contributed by atoms with Gasteiger partial charge in [-0.3, -0.25) is 8.98 Å². The van der Waals surface area contributed by atoms with Gasteiger partial charge >= 0.3 is 0 Å². The van der Waals surface area contributed by atoms with Crippen molar-refractivity contribution in [2.24, 2.45) is 5.41 Å². The molecule has 1 amide bonds. The lowest BCUT2D eigenvalue weighted by molar-refractivity contribution is -0.120. The molecule has 1 fully saturated rings. The van der Waals surface area contributed by atoms with E-state index in [1.54, 1.807) is 24.3 Å². The lowest BCUT2D eigenvalue weighted by Gasteiger charge is -2.37. The summed E-state index contributed by atoms with van der Waals surface area (Å²) in [7, 11) is -2.88. The van der Waals surface area contributed by atoms with Crippen molar-refractivity contribution in [2.75, 3.05) is 18.2 Å². The average Bonchev–Trinajstić information content (AvgIpc) is 3.84. The van der Waals surface area contributed by atoms with Gasteiger partial charge < -0.3 is 5.32 Å². The summed E-state index contributed by atoms with van der Waals surface area (Å²) < 4.78 is 60.9. The van der Waals surface area contributed by atoms with Crippen LogP contribution in [0.4, 0.5) is 14.5 Å². The first-order chi connectivity index (χ1) is 24.1. The molecule has 1 aliphatic rings. The topological polar surface area (TPSA) is 90.3 Å². The third-order valence-electron chi connectivity index (χ3n) is 9.28. The summed E-state index contributed by atoms with van der Waals surface area (Å²) in [4.78, 5) is 13.5. The van der Waals surface area contributed by atoms with Gasteiger partial charge in [-0.2, -0.15) is 13.5 Å². The van der Waals surface area contributed by atoms with Crippen LogP contribution < -0.4 is 5.32 Å². The first kappa shape index (κ1) is 33.1. The van der Waals surface area contributed by atoms with E-state index in [4.69, 9.17) is 5.10 Å². The Morgan fingerprint density at radius 1 is 0.840 bits per heavy atom. The molecule has 0 bridgehead atoms. The molecule has 6 aromatic rings. The number of halogens is 2. The number of hydrogen-bond donors (Lipinski definition) is 1. The molecule has 7 nitrogen and oxygen atoms in total. The molecule has 0 saturated heterocycles. The minimum absolute atomic E-state index is 0.107. The van der Waals surface area contributed by atoms with Gasteiger partial charge in [0.2, 0.25) is 5.91 Å². The molecule has 0 radical (unpaired) electrons. The molecule has 0 atom stereocenters. The van der Waals surface area contributed by atoms with Gasteiger partial charge in [0.25, 0.3) is 10.1 Å². The molecule has 0 spiro atoms. The minimum atomic E-state index is -3.93. The molecule has 0 aliphatic heterocycles. The Labute approximate surface area is 289 Å². The summed E-state index contributed by atoms with van der Waals surface area (Å²) in [6, 6.07) is 38.4. The fourth-order valence-corrected chi connectivity index (χ4v) is 7.74. The van der Waals surface area contributed by atoms with Crippen molar-refractivity contribution in [3.63, 3.8) is 0 Å². The molecule has 10 heteroatoms. The number of carbonyl (C=O) groups is 1. The lowest BCUT2D eigenvalue weighted by Crippen LogP contribution is -2.38. The summed E-state index contributed by atoms with van der Waals surface area (Å²) >= 11 is 0. The molecule has 1 aromatic heterocycles. The molecule has 1 heterocycles. The first-order valence-corrected chi connectivity index (χ1v) is 17.7. The van der Waals surface area contributed by atoms with Gasteiger partial charge in [-0.05, 0) is 59.4 Å². The molecule has 1 saturated carbocycles. The quantitative estimate of drug-likeness (QED) is 0.110. The number of fused-ring (bicyclic) bond motifs is 1. The first-order valence-electron chi connectivity index (χ1n) is 16.1. The Balaban J connectivity index is 1.47. The predicted molar refractivity (Wildman–Crippen MR) is 191 cm³/mol. The number of nitrogens with zero attached hydrogens (tertiary/aromatic N) is 2. The van der Waals surface area contributed by atoms with E-state index in [9.17, 15) is 17.6 Å². The Hall–Kier alpha value is -5.45. The zero-order chi connectivity index (χ0) is 34.9. The van der Waals surface area contributed by atoms with Gasteiger partial charge in [0.05, 0.1) is 35.2 Å². The molecule has 7 rings (SSSR count). The number of aromatic nitrogens is 2. The smallest absolute Gasteiger partial charge is 0.268 e. The summed E-state index contributed by atoms with van der Waals surface area (Å²) in [5.41, 5.74) is 1.89. The van der Waals surface area contributed by atoms with Crippen LogP contribution in [0.15, 0.2) is 127 Å². The molecule has 50 heavy (non-hydrogen) atoms. The maximum Gasteiger partial charge on any atom is 0.268 e. The van der Waals surface area contributed by atoms with Gasteiger partial charge in [-0.15, -0.1) is 0 Å². The number of anilines is 1. The normalized spacial score (nSPS) is 14.2. The molecular weight excluding hydrogens is 657 g/mol. The number of hydrogen-bond acceptors (Lipinski definition) is 5. The molecule has 1 N–H and O–H groups in total. The van der Waals surface area contributed by atoms with Crippen LogP contribution in [0, 0.1) is 17.0 Å². The summed E-state index contributed by atoms with van der Waals surface area (Å²) in [6.07, 6.45) is 4.23. The monoisotopic (exact) mass is 689 g/mol. The SMILES string of the molecule is COS(=O)(=O)CC1(C(=O)Nc2cc3c(C=Cc4ccc(F)cc4)nn(C(c4ccccc4)(c4ccccc4)c4ccccc4)c3cc2F)CC1. The third-order valence-corrected chi connectivity index (χ3v) is 10.7. The van der Waals surface area contributed by atoms with Crippen molar-refractivity contribution >= 4 is 44.8 Å². The number of nitrogens with one attached hydrogen (secondary N) is 1. The van der Waals surface area contributed by atoms with E-state index in [0.717, 1.165) is 29.4 Å². The van der Waals surface area contributed by atoms with Crippen molar-refractivity contribution in [2.45, 2.75) is 18.4 Å². The van der Waals surface area contributed by atoms with E-state index in [0.29, 0.717) is 29.4 Å². The van der Waals surface area contributed by atoms with E-state index in [1.807, 2.05) is 95.7 Å². The number of rotatable bonds is 11. The molecule has 0 unspecified atom stereocenters. The fraction of sp³-hybridized carbons (Fsp3) is 0.150. The molecule has 252 valence electrons. The van der Waals surface area contributed by atoms with Gasteiger partial charge in [0, 0.05) is 11.5 Å². The van der Waals surface area contributed by atoms with E-state index < -0.39 is 38.5 Å². The zero-order valence-electron chi connectivity index (χ0n) is 27.1. The van der Waals surface area contributed by atoms with Crippen molar-refractivity contribution < 1.29 is 26.2 Å². The predicted octanol–water partition coefficient (Wildman–Crippen LogP) is 8.02. The van der Waals surface area contributed by atoms with Crippen LogP contribution in [0.1, 0.15) is 40.8 Å². The van der Waals surface area contributed by atoms with Crippen LogP contribution >= 0.6 is 0 Å². The Morgan fingerprint density at radius 3 is 1.88 bits per heavy atom.